The second-order valence-corrected chi connectivity index (χ2v) is 4.37. The smallest absolute Gasteiger partial charge is 0.207 e. The highest BCUT2D eigenvalue weighted by atomic mass is 16.1. The van der Waals surface area contributed by atoms with E-state index in [4.69, 9.17) is 0 Å². The largest absolute Gasteiger partial charge is 0.351 e. The second kappa shape index (κ2) is 6.19. The van der Waals surface area contributed by atoms with Crippen molar-refractivity contribution in [2.24, 2.45) is 0 Å². The fourth-order valence-corrected chi connectivity index (χ4v) is 2.16. The van der Waals surface area contributed by atoms with Gasteiger partial charge in [0.25, 0.3) is 0 Å². The number of amides is 1. The highest BCUT2D eigenvalue weighted by Crippen LogP contribution is 2.17. The van der Waals surface area contributed by atoms with Crippen LogP contribution in [0.5, 0.6) is 0 Å². The van der Waals surface area contributed by atoms with Crippen LogP contribution in [0.1, 0.15) is 32.0 Å². The molecule has 1 N–H and O–H groups in total. The van der Waals surface area contributed by atoms with Crippen molar-refractivity contribution in [2.75, 3.05) is 0 Å². The molecule has 0 aliphatic rings. The van der Waals surface area contributed by atoms with Crippen molar-refractivity contribution in [1.29, 1.82) is 0 Å². The third-order valence-corrected chi connectivity index (χ3v) is 3.06. The Hall–Kier alpha value is -1.84. The van der Waals surface area contributed by atoms with Gasteiger partial charge in [0, 0.05) is 6.54 Å². The van der Waals surface area contributed by atoms with Crippen LogP contribution in [0.4, 0.5) is 0 Å². The van der Waals surface area contributed by atoms with Gasteiger partial charge in [-0.3, -0.25) is 4.79 Å². The average molecular weight is 245 g/mol. The number of benzene rings is 1. The first-order valence-electron chi connectivity index (χ1n) is 6.48. The fraction of sp³-hybridized carbons (Fsp3) is 0.429. The van der Waals surface area contributed by atoms with E-state index < -0.39 is 0 Å². The zero-order valence-corrected chi connectivity index (χ0v) is 10.7. The summed E-state index contributed by atoms with van der Waals surface area (Å²) in [7, 11) is 0. The summed E-state index contributed by atoms with van der Waals surface area (Å²) in [6.45, 7) is 3.65. The Labute approximate surface area is 107 Å². The Kier molecular flexibility index (Phi) is 4.34. The lowest BCUT2D eigenvalue weighted by atomic mass is 10.2. The van der Waals surface area contributed by atoms with Crippen molar-refractivity contribution >= 4 is 17.4 Å². The third-order valence-electron chi connectivity index (χ3n) is 3.06. The summed E-state index contributed by atoms with van der Waals surface area (Å²) in [5, 5.41) is 2.69. The maximum absolute atomic E-state index is 10.4. The lowest BCUT2D eigenvalue weighted by molar-refractivity contribution is -0.109. The molecule has 18 heavy (non-hydrogen) atoms. The molecule has 1 aromatic carbocycles. The zero-order chi connectivity index (χ0) is 12.8. The van der Waals surface area contributed by atoms with Crippen molar-refractivity contribution in [3.63, 3.8) is 0 Å². The fourth-order valence-electron chi connectivity index (χ4n) is 2.16. The number of carbonyl (C=O) groups is 1. The minimum atomic E-state index is 0.490. The number of aromatic nitrogens is 2. The number of hydrogen-bond acceptors (Lipinski definition) is 2. The van der Waals surface area contributed by atoms with Crippen LogP contribution in [0.2, 0.25) is 0 Å². The minimum Gasteiger partial charge on any atom is -0.351 e. The first-order chi connectivity index (χ1) is 8.86. The topological polar surface area (TPSA) is 46.9 Å². The molecular formula is C14H19N3O. The molecule has 0 atom stereocenters. The molecular weight excluding hydrogens is 226 g/mol. The van der Waals surface area contributed by atoms with Crippen molar-refractivity contribution < 1.29 is 4.79 Å². The summed E-state index contributed by atoms with van der Waals surface area (Å²) < 4.78 is 2.21. The normalized spacial score (nSPS) is 10.7. The van der Waals surface area contributed by atoms with Gasteiger partial charge >= 0.3 is 0 Å². The Morgan fingerprint density at radius 3 is 2.94 bits per heavy atom. The lowest BCUT2D eigenvalue weighted by Gasteiger charge is -2.08. The molecule has 0 aliphatic heterocycles. The number of carbonyl (C=O) groups excluding carboxylic acids is 1. The van der Waals surface area contributed by atoms with Crippen molar-refractivity contribution in [1.82, 2.24) is 14.9 Å². The molecule has 1 heterocycles. The molecule has 0 fully saturated rings. The van der Waals surface area contributed by atoms with E-state index in [9.17, 15) is 4.79 Å². The van der Waals surface area contributed by atoms with Gasteiger partial charge in [-0.25, -0.2) is 4.98 Å². The summed E-state index contributed by atoms with van der Waals surface area (Å²) >= 11 is 0. The van der Waals surface area contributed by atoms with Gasteiger partial charge in [0.1, 0.15) is 5.82 Å². The molecule has 4 heteroatoms. The van der Waals surface area contributed by atoms with Crippen molar-refractivity contribution in [3.8, 4) is 0 Å². The van der Waals surface area contributed by atoms with Crippen LogP contribution in [-0.2, 0) is 17.9 Å². The summed E-state index contributed by atoms with van der Waals surface area (Å²) in [5.74, 6) is 0.930. The van der Waals surface area contributed by atoms with Gasteiger partial charge in [-0.1, -0.05) is 31.9 Å². The predicted molar refractivity (Wildman–Crippen MR) is 72.2 cm³/mol. The van der Waals surface area contributed by atoms with E-state index in [1.165, 1.54) is 12.8 Å². The number of hydrogen-bond donors (Lipinski definition) is 1. The van der Waals surface area contributed by atoms with Gasteiger partial charge in [-0.2, -0.15) is 0 Å². The van der Waals surface area contributed by atoms with Gasteiger partial charge in [-0.15, -0.1) is 0 Å². The van der Waals surface area contributed by atoms with Crippen LogP contribution in [0.3, 0.4) is 0 Å². The number of aryl methyl sites for hydroxylation is 1. The molecule has 0 saturated heterocycles. The summed E-state index contributed by atoms with van der Waals surface area (Å²) in [4.78, 5) is 15.0. The summed E-state index contributed by atoms with van der Waals surface area (Å²) in [6.07, 6.45) is 4.28. The number of nitrogens with zero attached hydrogens (tertiary/aromatic N) is 2. The number of para-hydroxylation sites is 2. The highest BCUT2D eigenvalue weighted by Gasteiger charge is 2.09. The highest BCUT2D eigenvalue weighted by molar-refractivity contribution is 5.75. The molecule has 1 aromatic heterocycles. The second-order valence-electron chi connectivity index (χ2n) is 4.37. The Morgan fingerprint density at radius 2 is 2.17 bits per heavy atom. The van der Waals surface area contributed by atoms with Gasteiger partial charge < -0.3 is 9.88 Å². The van der Waals surface area contributed by atoms with Crippen molar-refractivity contribution in [3.05, 3.63) is 30.1 Å². The molecule has 96 valence electrons. The molecule has 0 saturated carbocycles. The molecule has 1 amide bonds. The number of imidazole rings is 1. The van der Waals surface area contributed by atoms with E-state index in [0.717, 1.165) is 36.2 Å². The maximum Gasteiger partial charge on any atom is 0.207 e. The van der Waals surface area contributed by atoms with E-state index in [1.807, 2.05) is 18.2 Å². The molecule has 0 radical (unpaired) electrons. The Balaban J connectivity index is 2.28. The minimum absolute atomic E-state index is 0.490. The van der Waals surface area contributed by atoms with E-state index in [0.29, 0.717) is 6.54 Å². The number of unbranched alkanes of at least 4 members (excludes halogenated alkanes) is 2. The zero-order valence-electron chi connectivity index (χ0n) is 10.7. The average Bonchev–Trinajstić information content (AvgIpc) is 2.75. The van der Waals surface area contributed by atoms with E-state index in [1.54, 1.807) is 0 Å². The van der Waals surface area contributed by atoms with Gasteiger partial charge in [0.15, 0.2) is 0 Å². The van der Waals surface area contributed by atoms with Crippen molar-refractivity contribution in [2.45, 2.75) is 39.3 Å². The van der Waals surface area contributed by atoms with Crippen LogP contribution < -0.4 is 5.32 Å². The number of fused-ring (bicyclic) bond motifs is 1. The number of nitrogens with one attached hydrogen (secondary N) is 1. The molecule has 0 unspecified atom stereocenters. The molecule has 0 spiro atoms. The first-order valence-corrected chi connectivity index (χ1v) is 6.48. The quantitative estimate of drug-likeness (QED) is 0.601. The summed E-state index contributed by atoms with van der Waals surface area (Å²) in [5.41, 5.74) is 2.15. The first kappa shape index (κ1) is 12.6. The molecule has 2 rings (SSSR count). The standard InChI is InChI=1S/C14H19N3O/c1-2-3-6-9-17-13-8-5-4-7-12(13)16-14(17)10-15-11-18/h4-5,7-8,11H,2-3,6,9-10H2,1H3,(H,15,18). The molecule has 0 aliphatic carbocycles. The van der Waals surface area contributed by atoms with Crippen LogP contribution in [0.25, 0.3) is 11.0 Å². The predicted octanol–water partition coefficient (Wildman–Crippen LogP) is 2.47. The lowest BCUT2D eigenvalue weighted by Crippen LogP contribution is -2.15. The molecule has 2 aromatic rings. The third kappa shape index (κ3) is 2.70. The monoisotopic (exact) mass is 245 g/mol. The molecule has 4 nitrogen and oxygen atoms in total. The Bertz CT molecular complexity index is 519. The van der Waals surface area contributed by atoms with E-state index >= 15 is 0 Å². The SMILES string of the molecule is CCCCCn1c(CNC=O)nc2ccccc21. The van der Waals surface area contributed by atoms with Crippen LogP contribution >= 0.6 is 0 Å². The van der Waals surface area contributed by atoms with E-state index in [2.05, 4.69) is 27.9 Å². The molecule has 0 bridgehead atoms. The summed E-state index contributed by atoms with van der Waals surface area (Å²) in [6, 6.07) is 8.11. The maximum atomic E-state index is 10.4. The van der Waals surface area contributed by atoms with Gasteiger partial charge in [-0.05, 0) is 18.6 Å². The number of rotatable bonds is 7. The van der Waals surface area contributed by atoms with Crippen LogP contribution in [-0.4, -0.2) is 16.0 Å². The Morgan fingerprint density at radius 1 is 1.33 bits per heavy atom. The van der Waals surface area contributed by atoms with Crippen LogP contribution in [0.15, 0.2) is 24.3 Å². The van der Waals surface area contributed by atoms with Crippen LogP contribution in [0, 0.1) is 0 Å². The van der Waals surface area contributed by atoms with E-state index in [-0.39, 0.29) is 0 Å². The van der Waals surface area contributed by atoms with Gasteiger partial charge in [0.05, 0.1) is 17.6 Å². The van der Waals surface area contributed by atoms with Gasteiger partial charge in [0.2, 0.25) is 6.41 Å².